The van der Waals surface area contributed by atoms with Crippen LogP contribution in [0, 0.1) is 0 Å². The fraction of sp³-hybridized carbons (Fsp3) is 0.312. The van der Waals surface area contributed by atoms with Gasteiger partial charge >= 0.3 is 0 Å². The predicted octanol–water partition coefficient (Wildman–Crippen LogP) is 3.48. The van der Waals surface area contributed by atoms with E-state index in [9.17, 15) is 0 Å². The highest BCUT2D eigenvalue weighted by molar-refractivity contribution is 9.10. The number of rotatable bonds is 2. The van der Waals surface area contributed by atoms with Gasteiger partial charge in [0.15, 0.2) is 5.82 Å². The Balaban J connectivity index is 1.80. The molecule has 1 aromatic carbocycles. The van der Waals surface area contributed by atoms with Crippen LogP contribution < -0.4 is 4.74 Å². The highest BCUT2D eigenvalue weighted by Crippen LogP contribution is 2.36. The third-order valence-corrected chi connectivity index (χ3v) is 4.34. The van der Waals surface area contributed by atoms with Crippen LogP contribution in [0.5, 0.6) is 5.75 Å². The van der Waals surface area contributed by atoms with E-state index in [-0.39, 0.29) is 5.92 Å². The molecule has 0 amide bonds. The minimum absolute atomic E-state index is 0.278. The SMILES string of the molecule is CC(C)c1n[nH]c(-n2cc3c(n2)-c2ccc(Br)cc2OCC3)n1. The van der Waals surface area contributed by atoms with Crippen LogP contribution in [0.1, 0.15) is 31.2 Å². The summed E-state index contributed by atoms with van der Waals surface area (Å²) in [5, 5.41) is 11.9. The maximum atomic E-state index is 5.84. The van der Waals surface area contributed by atoms with Gasteiger partial charge in [-0.3, -0.25) is 0 Å². The molecule has 0 fully saturated rings. The molecule has 3 aromatic rings. The van der Waals surface area contributed by atoms with Crippen molar-refractivity contribution in [3.8, 4) is 23.0 Å². The minimum Gasteiger partial charge on any atom is -0.492 e. The zero-order valence-electron chi connectivity index (χ0n) is 12.9. The van der Waals surface area contributed by atoms with E-state index in [0.29, 0.717) is 12.6 Å². The van der Waals surface area contributed by atoms with E-state index in [4.69, 9.17) is 9.84 Å². The molecule has 4 rings (SSSR count). The normalized spacial score (nSPS) is 13.4. The average molecular weight is 374 g/mol. The van der Waals surface area contributed by atoms with Crippen LogP contribution in [-0.2, 0) is 6.42 Å². The Morgan fingerprint density at radius 3 is 3.00 bits per heavy atom. The predicted molar refractivity (Wildman–Crippen MR) is 89.9 cm³/mol. The molecular formula is C16H16BrN5O. The summed E-state index contributed by atoms with van der Waals surface area (Å²) in [6.07, 6.45) is 2.81. The largest absolute Gasteiger partial charge is 0.492 e. The maximum absolute atomic E-state index is 5.84. The van der Waals surface area contributed by atoms with Crippen molar-refractivity contribution in [1.82, 2.24) is 25.0 Å². The molecule has 0 radical (unpaired) electrons. The van der Waals surface area contributed by atoms with Crippen molar-refractivity contribution in [1.29, 1.82) is 0 Å². The molecule has 2 aromatic heterocycles. The zero-order valence-corrected chi connectivity index (χ0v) is 14.5. The number of hydrogen-bond donors (Lipinski definition) is 1. The number of aromatic nitrogens is 5. The second kappa shape index (κ2) is 5.49. The topological polar surface area (TPSA) is 68.6 Å². The van der Waals surface area contributed by atoms with Crippen molar-refractivity contribution in [2.45, 2.75) is 26.2 Å². The van der Waals surface area contributed by atoms with Crippen LogP contribution in [0.4, 0.5) is 0 Å². The Hall–Kier alpha value is -2.15. The third kappa shape index (κ3) is 2.55. The Morgan fingerprint density at radius 1 is 1.35 bits per heavy atom. The minimum atomic E-state index is 0.278. The van der Waals surface area contributed by atoms with Crippen molar-refractivity contribution in [3.63, 3.8) is 0 Å². The van der Waals surface area contributed by atoms with Crippen LogP contribution in [0.2, 0.25) is 0 Å². The van der Waals surface area contributed by atoms with Crippen molar-refractivity contribution in [3.05, 3.63) is 40.3 Å². The number of nitrogens with zero attached hydrogens (tertiary/aromatic N) is 4. The molecule has 118 valence electrons. The van der Waals surface area contributed by atoms with E-state index >= 15 is 0 Å². The van der Waals surface area contributed by atoms with Gasteiger partial charge < -0.3 is 4.74 Å². The highest BCUT2D eigenvalue weighted by Gasteiger charge is 2.21. The van der Waals surface area contributed by atoms with Crippen molar-refractivity contribution < 1.29 is 4.74 Å². The number of aromatic amines is 1. The first kappa shape index (κ1) is 14.4. The molecule has 3 heterocycles. The fourth-order valence-corrected chi connectivity index (χ4v) is 2.98. The summed E-state index contributed by atoms with van der Waals surface area (Å²) in [7, 11) is 0. The molecule has 1 aliphatic rings. The molecule has 0 spiro atoms. The first-order chi connectivity index (χ1) is 11.1. The van der Waals surface area contributed by atoms with Gasteiger partial charge in [0.05, 0.1) is 12.3 Å². The van der Waals surface area contributed by atoms with Crippen LogP contribution in [0.15, 0.2) is 28.9 Å². The standard InChI is InChI=1S/C16H16BrN5O/c1-9(2)15-18-16(20-19-15)22-8-10-5-6-23-13-7-11(17)3-4-12(13)14(10)21-22/h3-4,7-9H,5-6H2,1-2H3,(H,18,19,20). The lowest BCUT2D eigenvalue weighted by Crippen LogP contribution is -2.01. The van der Waals surface area contributed by atoms with Gasteiger partial charge in [0.1, 0.15) is 5.75 Å². The number of hydrogen-bond acceptors (Lipinski definition) is 4. The smallest absolute Gasteiger partial charge is 0.246 e. The number of benzene rings is 1. The monoisotopic (exact) mass is 373 g/mol. The number of halogens is 1. The molecule has 6 nitrogen and oxygen atoms in total. The zero-order chi connectivity index (χ0) is 16.0. The molecule has 0 bridgehead atoms. The van der Waals surface area contributed by atoms with Gasteiger partial charge in [-0.15, -0.1) is 0 Å². The van der Waals surface area contributed by atoms with Crippen molar-refractivity contribution in [2.75, 3.05) is 6.61 Å². The Labute approximate surface area is 142 Å². The first-order valence-electron chi connectivity index (χ1n) is 7.56. The summed E-state index contributed by atoms with van der Waals surface area (Å²) in [6.45, 7) is 4.77. The lowest BCUT2D eigenvalue weighted by Gasteiger charge is -2.07. The number of nitrogens with one attached hydrogen (secondary N) is 1. The molecule has 1 N–H and O–H groups in total. The van der Waals surface area contributed by atoms with E-state index in [1.54, 1.807) is 4.68 Å². The molecule has 1 aliphatic heterocycles. The van der Waals surface area contributed by atoms with E-state index in [1.807, 2.05) is 24.4 Å². The molecule has 7 heteroatoms. The Morgan fingerprint density at radius 2 is 2.22 bits per heavy atom. The summed E-state index contributed by atoms with van der Waals surface area (Å²) in [4.78, 5) is 4.51. The molecule has 0 saturated carbocycles. The average Bonchev–Trinajstić information content (AvgIpc) is 3.12. The number of fused-ring (bicyclic) bond motifs is 3. The van der Waals surface area contributed by atoms with Gasteiger partial charge in [0.2, 0.25) is 5.95 Å². The van der Waals surface area contributed by atoms with Crippen LogP contribution >= 0.6 is 15.9 Å². The van der Waals surface area contributed by atoms with Crippen LogP contribution in [0.3, 0.4) is 0 Å². The summed E-state index contributed by atoms with van der Waals surface area (Å²) in [6, 6.07) is 6.01. The summed E-state index contributed by atoms with van der Waals surface area (Å²) >= 11 is 3.49. The molecule has 0 atom stereocenters. The molecular weight excluding hydrogens is 358 g/mol. The van der Waals surface area contributed by atoms with Crippen LogP contribution in [-0.4, -0.2) is 31.6 Å². The van der Waals surface area contributed by atoms with Gasteiger partial charge in [-0.25, -0.2) is 9.78 Å². The van der Waals surface area contributed by atoms with Gasteiger partial charge in [-0.2, -0.15) is 15.2 Å². The maximum Gasteiger partial charge on any atom is 0.246 e. The second-order valence-electron chi connectivity index (χ2n) is 5.86. The van der Waals surface area contributed by atoms with Gasteiger partial charge in [0.25, 0.3) is 0 Å². The van der Waals surface area contributed by atoms with E-state index in [0.717, 1.165) is 39.3 Å². The lowest BCUT2D eigenvalue weighted by atomic mass is 10.1. The van der Waals surface area contributed by atoms with Gasteiger partial charge in [-0.05, 0) is 18.2 Å². The molecule has 0 saturated heterocycles. The van der Waals surface area contributed by atoms with Crippen molar-refractivity contribution >= 4 is 15.9 Å². The fourth-order valence-electron chi connectivity index (χ4n) is 2.64. The molecule has 23 heavy (non-hydrogen) atoms. The van der Waals surface area contributed by atoms with Gasteiger partial charge in [0, 0.05) is 34.1 Å². The van der Waals surface area contributed by atoms with Gasteiger partial charge in [-0.1, -0.05) is 29.8 Å². The summed E-state index contributed by atoms with van der Waals surface area (Å²) < 4.78 is 8.60. The second-order valence-corrected chi connectivity index (χ2v) is 6.77. The third-order valence-electron chi connectivity index (χ3n) is 3.84. The quantitative estimate of drug-likeness (QED) is 0.746. The number of ether oxygens (including phenoxy) is 1. The Kier molecular flexibility index (Phi) is 3.45. The van der Waals surface area contributed by atoms with E-state index in [1.165, 1.54) is 0 Å². The highest BCUT2D eigenvalue weighted by atomic mass is 79.9. The van der Waals surface area contributed by atoms with Crippen molar-refractivity contribution in [2.24, 2.45) is 0 Å². The molecule has 0 unspecified atom stereocenters. The van der Waals surface area contributed by atoms with E-state index < -0.39 is 0 Å². The lowest BCUT2D eigenvalue weighted by molar-refractivity contribution is 0.326. The first-order valence-corrected chi connectivity index (χ1v) is 8.35. The molecule has 0 aliphatic carbocycles. The number of H-pyrrole nitrogens is 1. The van der Waals surface area contributed by atoms with Crippen LogP contribution in [0.25, 0.3) is 17.2 Å². The summed E-state index contributed by atoms with van der Waals surface area (Å²) in [5.41, 5.74) is 3.09. The van der Waals surface area contributed by atoms with E-state index in [2.05, 4.69) is 45.0 Å². The Bertz CT molecular complexity index is 867. The summed E-state index contributed by atoms with van der Waals surface area (Å²) in [5.74, 6) is 2.56.